The number of carbonyl (C=O) groups is 1. The Balaban J connectivity index is 1.68. The van der Waals surface area contributed by atoms with E-state index in [-0.39, 0.29) is 6.10 Å². The van der Waals surface area contributed by atoms with Crippen LogP contribution in [0.3, 0.4) is 0 Å². The van der Waals surface area contributed by atoms with Gasteiger partial charge in [-0.2, -0.15) is 0 Å². The second kappa shape index (κ2) is 8.92. The van der Waals surface area contributed by atoms with Crippen LogP contribution >= 0.6 is 0 Å². The predicted molar refractivity (Wildman–Crippen MR) is 126 cm³/mol. The van der Waals surface area contributed by atoms with Gasteiger partial charge < -0.3 is 19.8 Å². The van der Waals surface area contributed by atoms with Gasteiger partial charge in [0.15, 0.2) is 0 Å². The van der Waals surface area contributed by atoms with Crippen LogP contribution in [0.25, 0.3) is 22.2 Å². The van der Waals surface area contributed by atoms with Gasteiger partial charge in [-0.25, -0.2) is 4.79 Å². The molecule has 0 saturated heterocycles. The summed E-state index contributed by atoms with van der Waals surface area (Å²) in [6.07, 6.45) is 3.78. The summed E-state index contributed by atoms with van der Waals surface area (Å²) in [5.74, 6) is 0.832. The van der Waals surface area contributed by atoms with Crippen molar-refractivity contribution < 1.29 is 14.3 Å². The van der Waals surface area contributed by atoms with Gasteiger partial charge in [0.05, 0.1) is 23.5 Å². The fourth-order valence-corrected chi connectivity index (χ4v) is 4.02. The Bertz CT molecular complexity index is 1070. The number of nitrogens with one attached hydrogen (secondary N) is 1. The molecule has 0 aliphatic heterocycles. The van der Waals surface area contributed by atoms with E-state index in [4.69, 9.17) is 15.2 Å². The van der Waals surface area contributed by atoms with Gasteiger partial charge in [0.2, 0.25) is 0 Å². The van der Waals surface area contributed by atoms with Crippen molar-refractivity contribution in [3.05, 3.63) is 42.5 Å². The summed E-state index contributed by atoms with van der Waals surface area (Å²) in [6, 6.07) is 14.4. The first-order valence-corrected chi connectivity index (χ1v) is 11.2. The maximum atomic E-state index is 12.0. The van der Waals surface area contributed by atoms with E-state index < -0.39 is 6.09 Å². The number of aromatic nitrogens is 1. The highest BCUT2D eigenvalue weighted by Crippen LogP contribution is 2.44. The Morgan fingerprint density at radius 2 is 1.94 bits per heavy atom. The van der Waals surface area contributed by atoms with Crippen LogP contribution in [0.4, 0.5) is 16.2 Å². The molecule has 1 aromatic heterocycles. The topological polar surface area (TPSA) is 78.5 Å². The number of fused-ring (bicyclic) bond motifs is 1. The van der Waals surface area contributed by atoms with Gasteiger partial charge in [0, 0.05) is 22.7 Å². The molecule has 6 heteroatoms. The van der Waals surface area contributed by atoms with Crippen LogP contribution in [0.5, 0.6) is 5.75 Å². The number of nitrogens with zero attached hydrogens (tertiary/aromatic N) is 1. The second-order valence-corrected chi connectivity index (χ2v) is 8.16. The molecular formula is C25H31N3O3. The third kappa shape index (κ3) is 4.20. The minimum Gasteiger partial charge on any atom is -0.494 e. The molecule has 1 heterocycles. The van der Waals surface area contributed by atoms with E-state index in [1.54, 1.807) is 0 Å². The molecule has 2 aromatic carbocycles. The van der Waals surface area contributed by atoms with Crippen molar-refractivity contribution in [3.8, 4) is 17.0 Å². The second-order valence-electron chi connectivity index (χ2n) is 8.16. The van der Waals surface area contributed by atoms with Crippen LogP contribution in [-0.4, -0.2) is 23.4 Å². The van der Waals surface area contributed by atoms with E-state index >= 15 is 0 Å². The molecule has 1 amide bonds. The molecule has 0 radical (unpaired) electrons. The zero-order chi connectivity index (χ0) is 22.0. The highest BCUT2D eigenvalue weighted by atomic mass is 16.6. The minimum absolute atomic E-state index is 0.112. The van der Waals surface area contributed by atoms with Crippen LogP contribution < -0.4 is 15.8 Å². The van der Waals surface area contributed by atoms with E-state index in [0.29, 0.717) is 18.3 Å². The number of hydrogen-bond acceptors (Lipinski definition) is 4. The molecule has 31 heavy (non-hydrogen) atoms. The lowest BCUT2D eigenvalue weighted by Gasteiger charge is -2.30. The van der Waals surface area contributed by atoms with Crippen LogP contribution in [0.1, 0.15) is 52.5 Å². The van der Waals surface area contributed by atoms with Crippen molar-refractivity contribution in [1.29, 1.82) is 0 Å². The summed E-state index contributed by atoms with van der Waals surface area (Å²) in [5.41, 5.74) is 11.3. The molecule has 3 N–H and O–H groups in total. The smallest absolute Gasteiger partial charge is 0.411 e. The van der Waals surface area contributed by atoms with Crippen molar-refractivity contribution in [1.82, 2.24) is 4.57 Å². The van der Waals surface area contributed by atoms with Crippen LogP contribution in [0.2, 0.25) is 0 Å². The molecule has 4 rings (SSSR count). The summed E-state index contributed by atoms with van der Waals surface area (Å²) >= 11 is 0. The molecule has 3 aromatic rings. The summed E-state index contributed by atoms with van der Waals surface area (Å²) in [4.78, 5) is 12.0. The molecule has 164 valence electrons. The van der Waals surface area contributed by atoms with E-state index in [2.05, 4.69) is 16.0 Å². The van der Waals surface area contributed by atoms with Gasteiger partial charge in [-0.1, -0.05) is 19.1 Å². The van der Waals surface area contributed by atoms with Crippen LogP contribution in [0.15, 0.2) is 42.5 Å². The molecule has 1 fully saturated rings. The van der Waals surface area contributed by atoms with E-state index in [9.17, 15) is 4.79 Å². The maximum absolute atomic E-state index is 12.0. The third-order valence-electron chi connectivity index (χ3n) is 6.05. The third-order valence-corrected chi connectivity index (χ3v) is 6.05. The summed E-state index contributed by atoms with van der Waals surface area (Å²) in [6.45, 7) is 6.46. The fraction of sp³-hybridized carbons (Fsp3) is 0.400. The number of hydrogen-bond donors (Lipinski definition) is 2. The largest absolute Gasteiger partial charge is 0.494 e. The Kier molecular flexibility index (Phi) is 6.07. The predicted octanol–water partition coefficient (Wildman–Crippen LogP) is 6.36. The Hall–Kier alpha value is -3.15. The number of rotatable bonds is 7. The maximum Gasteiger partial charge on any atom is 0.411 e. The number of benzene rings is 2. The van der Waals surface area contributed by atoms with Crippen LogP contribution in [0, 0.1) is 0 Å². The number of ether oxygens (including phenoxy) is 2. The molecule has 6 nitrogen and oxygen atoms in total. The van der Waals surface area contributed by atoms with Gasteiger partial charge >= 0.3 is 6.09 Å². The first kappa shape index (κ1) is 21.1. The zero-order valence-electron chi connectivity index (χ0n) is 18.5. The summed E-state index contributed by atoms with van der Waals surface area (Å²) < 4.78 is 13.4. The highest BCUT2D eigenvalue weighted by Gasteiger charge is 2.27. The normalized spacial score (nSPS) is 14.8. The van der Waals surface area contributed by atoms with Gasteiger partial charge in [-0.3, -0.25) is 5.32 Å². The lowest BCUT2D eigenvalue weighted by molar-refractivity contribution is 0.118. The van der Waals surface area contributed by atoms with Gasteiger partial charge in [0.1, 0.15) is 11.9 Å². The van der Waals surface area contributed by atoms with Gasteiger partial charge in [0.25, 0.3) is 0 Å². The average Bonchev–Trinajstić information content (AvgIpc) is 2.99. The number of anilines is 2. The Morgan fingerprint density at radius 3 is 2.55 bits per heavy atom. The first-order chi connectivity index (χ1) is 15.0. The van der Waals surface area contributed by atoms with Gasteiger partial charge in [-0.05, 0) is 69.9 Å². The van der Waals surface area contributed by atoms with Crippen LogP contribution in [-0.2, 0) is 4.74 Å². The molecule has 1 atom stereocenters. The number of nitrogens with two attached hydrogens (primary N) is 1. The minimum atomic E-state index is -0.436. The van der Waals surface area contributed by atoms with E-state index in [1.807, 2.05) is 57.2 Å². The first-order valence-electron chi connectivity index (χ1n) is 11.2. The van der Waals surface area contributed by atoms with E-state index in [1.165, 1.54) is 6.42 Å². The van der Waals surface area contributed by atoms with Crippen molar-refractivity contribution in [2.24, 2.45) is 0 Å². The summed E-state index contributed by atoms with van der Waals surface area (Å²) in [5, 5.41) is 3.81. The SMILES string of the molecule is CCOc1ccc2c(c1)c(N)c(-c1ccc(NC(=O)OC(C)CC)cc1)n2C1CCC1. The fourth-order valence-electron chi connectivity index (χ4n) is 4.02. The molecule has 0 spiro atoms. The lowest BCUT2D eigenvalue weighted by atomic mass is 9.92. The number of carbonyl (C=O) groups excluding carboxylic acids is 1. The molecule has 1 aliphatic carbocycles. The Morgan fingerprint density at radius 1 is 1.19 bits per heavy atom. The van der Waals surface area contributed by atoms with Crippen molar-refractivity contribution in [2.45, 2.75) is 58.6 Å². The van der Waals surface area contributed by atoms with Gasteiger partial charge in [-0.15, -0.1) is 0 Å². The highest BCUT2D eigenvalue weighted by molar-refractivity contribution is 6.02. The monoisotopic (exact) mass is 421 g/mol. The average molecular weight is 422 g/mol. The van der Waals surface area contributed by atoms with E-state index in [0.717, 1.165) is 52.9 Å². The molecular weight excluding hydrogens is 390 g/mol. The Labute approximate surface area is 183 Å². The van der Waals surface area contributed by atoms with Crippen molar-refractivity contribution in [3.63, 3.8) is 0 Å². The number of amides is 1. The van der Waals surface area contributed by atoms with Crippen molar-refractivity contribution >= 4 is 28.4 Å². The molecule has 1 saturated carbocycles. The zero-order valence-corrected chi connectivity index (χ0v) is 18.5. The quantitative estimate of drug-likeness (QED) is 0.465. The molecule has 1 unspecified atom stereocenters. The number of nitrogen functional groups attached to an aromatic ring is 1. The lowest BCUT2D eigenvalue weighted by Crippen LogP contribution is -2.19. The summed E-state index contributed by atoms with van der Waals surface area (Å²) in [7, 11) is 0. The van der Waals surface area contributed by atoms with Crippen molar-refractivity contribution in [2.75, 3.05) is 17.7 Å². The standard InChI is InChI=1S/C25H31N3O3/c1-4-16(3)31-25(29)27-18-11-9-17(10-12-18)24-23(26)21-15-20(30-5-2)13-14-22(21)28(24)19-7-6-8-19/h9-16,19H,4-8,26H2,1-3H3,(H,27,29). The molecule has 1 aliphatic rings. The molecule has 0 bridgehead atoms.